The van der Waals surface area contributed by atoms with E-state index in [4.69, 9.17) is 9.15 Å². The molecule has 1 aromatic carbocycles. The average Bonchev–Trinajstić information content (AvgIpc) is 3.23. The Morgan fingerprint density at radius 1 is 1.34 bits per heavy atom. The Morgan fingerprint density at radius 3 is 2.79 bits per heavy atom. The van der Waals surface area contributed by atoms with Gasteiger partial charge in [-0.15, -0.1) is 24.0 Å². The van der Waals surface area contributed by atoms with Crippen molar-refractivity contribution in [1.29, 1.82) is 0 Å². The molecule has 7 nitrogen and oxygen atoms in total. The molecule has 1 unspecified atom stereocenters. The average molecular weight is 514 g/mol. The van der Waals surface area contributed by atoms with Gasteiger partial charge in [0, 0.05) is 38.5 Å². The van der Waals surface area contributed by atoms with E-state index in [1.165, 1.54) is 0 Å². The number of likely N-dealkylation sites (tertiary alicyclic amines) is 1. The van der Waals surface area contributed by atoms with Crippen molar-refractivity contribution < 1.29 is 13.9 Å². The molecule has 160 valence electrons. The molecule has 0 aliphatic carbocycles. The number of nitrogens with one attached hydrogen (secondary N) is 2. The third-order valence-corrected chi connectivity index (χ3v) is 4.55. The summed E-state index contributed by atoms with van der Waals surface area (Å²) in [6.07, 6.45) is 1.28. The second kappa shape index (κ2) is 10.2. The number of nitrogens with zero attached hydrogens (tertiary/aromatic N) is 2. The standard InChI is InChI=1S/C21H30N4O3.HI/c1-21(2,3)28-20(26)24-16-10-12-25(14-16)19(22-4)23-11-9-17-13-15-7-5-6-8-18(15)27-17;/h5-8,13,16H,9-12,14H2,1-4H3,(H,22,23)(H,24,26);1H. The minimum absolute atomic E-state index is 0. The Bertz CT molecular complexity index is 811. The lowest BCUT2D eigenvalue weighted by Crippen LogP contribution is -2.44. The second-order valence-electron chi connectivity index (χ2n) is 8.05. The van der Waals surface area contributed by atoms with Gasteiger partial charge >= 0.3 is 6.09 Å². The van der Waals surface area contributed by atoms with Crippen molar-refractivity contribution in [1.82, 2.24) is 15.5 Å². The number of carbonyl (C=O) groups is 1. The van der Waals surface area contributed by atoms with Gasteiger partial charge in [-0.1, -0.05) is 18.2 Å². The van der Waals surface area contributed by atoms with Gasteiger partial charge in [-0.05, 0) is 39.3 Å². The van der Waals surface area contributed by atoms with Crippen molar-refractivity contribution in [3.63, 3.8) is 0 Å². The number of aliphatic imine (C=N–C) groups is 1. The van der Waals surface area contributed by atoms with Gasteiger partial charge in [0.1, 0.15) is 16.9 Å². The smallest absolute Gasteiger partial charge is 0.407 e. The highest BCUT2D eigenvalue weighted by Gasteiger charge is 2.27. The minimum atomic E-state index is -0.489. The first kappa shape index (κ1) is 23.3. The van der Waals surface area contributed by atoms with Gasteiger partial charge < -0.3 is 24.7 Å². The number of para-hydroxylation sites is 1. The molecule has 2 aromatic rings. The molecule has 0 spiro atoms. The van der Waals surface area contributed by atoms with Crippen LogP contribution in [0, 0.1) is 0 Å². The third kappa shape index (κ3) is 6.80. The van der Waals surface area contributed by atoms with Crippen molar-refractivity contribution in [3.05, 3.63) is 36.1 Å². The lowest BCUT2D eigenvalue weighted by Gasteiger charge is -2.23. The number of carbonyl (C=O) groups excluding carboxylic acids is 1. The topological polar surface area (TPSA) is 79.1 Å². The lowest BCUT2D eigenvalue weighted by molar-refractivity contribution is 0.0507. The number of halogens is 1. The van der Waals surface area contributed by atoms with Crippen molar-refractivity contribution in [2.24, 2.45) is 4.99 Å². The van der Waals surface area contributed by atoms with E-state index in [2.05, 4.69) is 32.7 Å². The molecule has 3 rings (SSSR count). The fourth-order valence-electron chi connectivity index (χ4n) is 3.33. The molecule has 2 heterocycles. The SMILES string of the molecule is CN=C(NCCc1cc2ccccc2o1)N1CCC(NC(=O)OC(C)(C)C)C1.I. The van der Waals surface area contributed by atoms with Crippen LogP contribution >= 0.6 is 24.0 Å². The largest absolute Gasteiger partial charge is 0.461 e. The number of alkyl carbamates (subject to hydrolysis) is 1. The Kier molecular flexibility index (Phi) is 8.18. The zero-order valence-corrected chi connectivity index (χ0v) is 19.9. The van der Waals surface area contributed by atoms with Gasteiger partial charge in [0.25, 0.3) is 0 Å². The summed E-state index contributed by atoms with van der Waals surface area (Å²) in [7, 11) is 1.78. The molecule has 1 saturated heterocycles. The zero-order chi connectivity index (χ0) is 20.1. The number of furan rings is 1. The van der Waals surface area contributed by atoms with Crippen LogP contribution < -0.4 is 10.6 Å². The van der Waals surface area contributed by atoms with Crippen LogP contribution in [-0.4, -0.2) is 55.3 Å². The number of hydrogen-bond donors (Lipinski definition) is 2. The predicted octanol–water partition coefficient (Wildman–Crippen LogP) is 3.77. The van der Waals surface area contributed by atoms with Crippen LogP contribution in [0.2, 0.25) is 0 Å². The van der Waals surface area contributed by atoms with Crippen LogP contribution in [0.4, 0.5) is 4.79 Å². The van der Waals surface area contributed by atoms with Crippen LogP contribution in [0.5, 0.6) is 0 Å². The number of fused-ring (bicyclic) bond motifs is 1. The molecule has 1 atom stereocenters. The van der Waals surface area contributed by atoms with E-state index >= 15 is 0 Å². The first-order chi connectivity index (χ1) is 13.3. The van der Waals surface area contributed by atoms with E-state index < -0.39 is 5.60 Å². The second-order valence-corrected chi connectivity index (χ2v) is 8.05. The van der Waals surface area contributed by atoms with E-state index in [1.807, 2.05) is 39.0 Å². The van der Waals surface area contributed by atoms with Crippen LogP contribution in [0.25, 0.3) is 11.0 Å². The summed E-state index contributed by atoms with van der Waals surface area (Å²) in [4.78, 5) is 18.5. The van der Waals surface area contributed by atoms with Gasteiger partial charge in [-0.3, -0.25) is 4.99 Å². The predicted molar refractivity (Wildman–Crippen MR) is 126 cm³/mol. The molecular weight excluding hydrogens is 483 g/mol. The molecule has 8 heteroatoms. The molecule has 0 radical (unpaired) electrons. The number of benzene rings is 1. The molecule has 0 saturated carbocycles. The number of rotatable bonds is 4. The summed E-state index contributed by atoms with van der Waals surface area (Å²) in [6.45, 7) is 7.87. The molecule has 0 bridgehead atoms. The highest BCUT2D eigenvalue weighted by Crippen LogP contribution is 2.19. The number of amides is 1. The van der Waals surface area contributed by atoms with Gasteiger partial charge in [0.05, 0.1) is 6.04 Å². The molecule has 1 aromatic heterocycles. The maximum Gasteiger partial charge on any atom is 0.407 e. The molecule has 1 aliphatic rings. The fraction of sp³-hybridized carbons (Fsp3) is 0.524. The highest BCUT2D eigenvalue weighted by atomic mass is 127. The van der Waals surface area contributed by atoms with E-state index in [0.29, 0.717) is 6.54 Å². The van der Waals surface area contributed by atoms with Crippen LogP contribution in [0.3, 0.4) is 0 Å². The van der Waals surface area contributed by atoms with Crippen molar-refractivity contribution in [2.75, 3.05) is 26.7 Å². The van der Waals surface area contributed by atoms with Gasteiger partial charge in [0.15, 0.2) is 5.96 Å². The first-order valence-electron chi connectivity index (χ1n) is 9.76. The first-order valence-corrected chi connectivity index (χ1v) is 9.76. The molecule has 1 amide bonds. The Balaban J connectivity index is 0.00000300. The number of guanidine groups is 1. The normalized spacial score (nSPS) is 17.2. The zero-order valence-electron chi connectivity index (χ0n) is 17.5. The third-order valence-electron chi connectivity index (χ3n) is 4.55. The van der Waals surface area contributed by atoms with Crippen molar-refractivity contribution >= 4 is 47.0 Å². The maximum absolute atomic E-state index is 12.0. The summed E-state index contributed by atoms with van der Waals surface area (Å²) in [5, 5.41) is 7.45. The molecular formula is C21H31IN4O3. The van der Waals surface area contributed by atoms with Crippen LogP contribution in [0.15, 0.2) is 39.7 Å². The van der Waals surface area contributed by atoms with Crippen molar-refractivity contribution in [2.45, 2.75) is 45.3 Å². The minimum Gasteiger partial charge on any atom is -0.461 e. The summed E-state index contributed by atoms with van der Waals surface area (Å²) >= 11 is 0. The summed E-state index contributed by atoms with van der Waals surface area (Å²) < 4.78 is 11.2. The summed E-state index contributed by atoms with van der Waals surface area (Å²) in [5.41, 5.74) is 0.425. The van der Waals surface area contributed by atoms with E-state index in [0.717, 1.165) is 48.6 Å². The maximum atomic E-state index is 12.0. The summed E-state index contributed by atoms with van der Waals surface area (Å²) in [5.74, 6) is 1.79. The molecule has 1 fully saturated rings. The summed E-state index contributed by atoms with van der Waals surface area (Å²) in [6, 6.07) is 10.2. The van der Waals surface area contributed by atoms with E-state index in [9.17, 15) is 4.79 Å². The quantitative estimate of drug-likeness (QED) is 0.369. The van der Waals surface area contributed by atoms with Crippen LogP contribution in [-0.2, 0) is 11.2 Å². The van der Waals surface area contributed by atoms with Gasteiger partial charge in [0.2, 0.25) is 0 Å². The Morgan fingerprint density at radius 2 is 2.10 bits per heavy atom. The molecule has 2 N–H and O–H groups in total. The molecule has 29 heavy (non-hydrogen) atoms. The van der Waals surface area contributed by atoms with Crippen molar-refractivity contribution in [3.8, 4) is 0 Å². The highest BCUT2D eigenvalue weighted by molar-refractivity contribution is 14.0. The fourth-order valence-corrected chi connectivity index (χ4v) is 3.33. The van der Waals surface area contributed by atoms with Gasteiger partial charge in [-0.25, -0.2) is 4.79 Å². The monoisotopic (exact) mass is 514 g/mol. The Hall–Kier alpha value is -1.97. The van der Waals surface area contributed by atoms with E-state index in [1.54, 1.807) is 7.05 Å². The van der Waals surface area contributed by atoms with Crippen LogP contribution in [0.1, 0.15) is 33.0 Å². The van der Waals surface area contributed by atoms with E-state index in [-0.39, 0.29) is 36.1 Å². The number of hydrogen-bond acceptors (Lipinski definition) is 4. The Labute approximate surface area is 189 Å². The lowest BCUT2D eigenvalue weighted by atomic mass is 10.2. The number of ether oxygens (including phenoxy) is 1. The molecule has 1 aliphatic heterocycles. The van der Waals surface area contributed by atoms with Gasteiger partial charge in [-0.2, -0.15) is 0 Å².